The fourth-order valence-corrected chi connectivity index (χ4v) is 2.10. The normalized spacial score (nSPS) is 15.9. The van der Waals surface area contributed by atoms with Crippen LogP contribution in [0.4, 0.5) is 0 Å². The minimum absolute atomic E-state index is 0.214. The first kappa shape index (κ1) is 16.9. The van der Waals surface area contributed by atoms with Gasteiger partial charge in [-0.15, -0.1) is 0 Å². The molecule has 0 heterocycles. The highest BCUT2D eigenvalue weighted by Crippen LogP contribution is 2.20. The Bertz CT molecular complexity index is 174. The molecule has 0 fully saturated rings. The largest absolute Gasteiger partial charge is 0.392 e. The maximum absolute atomic E-state index is 9.88. The van der Waals surface area contributed by atoms with Gasteiger partial charge in [0.2, 0.25) is 0 Å². The molecular weight excluding hydrogens is 210 g/mol. The molecule has 17 heavy (non-hydrogen) atoms. The van der Waals surface area contributed by atoms with Gasteiger partial charge in [-0.2, -0.15) is 0 Å². The van der Waals surface area contributed by atoms with Gasteiger partial charge in [0.25, 0.3) is 0 Å². The lowest BCUT2D eigenvalue weighted by molar-refractivity contribution is 0.116. The van der Waals surface area contributed by atoms with Gasteiger partial charge in [0.1, 0.15) is 0 Å². The highest BCUT2D eigenvalue weighted by atomic mass is 16.3. The van der Waals surface area contributed by atoms with Crippen molar-refractivity contribution in [1.29, 1.82) is 0 Å². The third-order valence-electron chi connectivity index (χ3n) is 3.04. The highest BCUT2D eigenvalue weighted by Gasteiger charge is 2.16. The number of hydrogen-bond acceptors (Lipinski definition) is 2. The fraction of sp³-hybridized carbons (Fsp3) is 1.00. The summed E-state index contributed by atoms with van der Waals surface area (Å²) in [5, 5.41) is 13.3. The van der Waals surface area contributed by atoms with E-state index in [-0.39, 0.29) is 11.5 Å². The zero-order valence-corrected chi connectivity index (χ0v) is 12.6. The molecule has 0 aliphatic rings. The van der Waals surface area contributed by atoms with E-state index in [1.165, 1.54) is 32.1 Å². The lowest BCUT2D eigenvalue weighted by atomic mass is 9.89. The molecule has 0 spiro atoms. The summed E-state index contributed by atoms with van der Waals surface area (Å²) < 4.78 is 0. The third-order valence-corrected chi connectivity index (χ3v) is 3.04. The van der Waals surface area contributed by atoms with Crippen molar-refractivity contribution in [3.05, 3.63) is 0 Å². The van der Waals surface area contributed by atoms with Crippen molar-refractivity contribution >= 4 is 0 Å². The van der Waals surface area contributed by atoms with Gasteiger partial charge in [-0.3, -0.25) is 0 Å². The van der Waals surface area contributed by atoms with Crippen LogP contribution in [0.1, 0.15) is 73.1 Å². The van der Waals surface area contributed by atoms with E-state index in [9.17, 15) is 5.11 Å². The van der Waals surface area contributed by atoms with E-state index in [4.69, 9.17) is 0 Å². The van der Waals surface area contributed by atoms with Crippen LogP contribution in [-0.4, -0.2) is 23.8 Å². The number of aliphatic hydroxyl groups is 1. The van der Waals surface area contributed by atoms with Crippen LogP contribution in [0.15, 0.2) is 0 Å². The molecule has 0 aromatic carbocycles. The third kappa shape index (κ3) is 12.2. The van der Waals surface area contributed by atoms with Gasteiger partial charge in [-0.1, -0.05) is 53.4 Å². The van der Waals surface area contributed by atoms with Gasteiger partial charge < -0.3 is 10.4 Å². The predicted molar refractivity (Wildman–Crippen MR) is 76.3 cm³/mol. The second-order valence-electron chi connectivity index (χ2n) is 6.58. The van der Waals surface area contributed by atoms with Crippen molar-refractivity contribution in [3.8, 4) is 0 Å². The Hall–Kier alpha value is -0.0800. The molecule has 0 aromatic heterocycles. The molecule has 2 unspecified atom stereocenters. The number of aliphatic hydroxyl groups excluding tert-OH is 1. The summed E-state index contributed by atoms with van der Waals surface area (Å²) in [5.74, 6) is 0. The number of unbranched alkanes of at least 4 members (excludes halogenated alkanes) is 3. The maximum atomic E-state index is 9.88. The first-order chi connectivity index (χ1) is 7.85. The van der Waals surface area contributed by atoms with Gasteiger partial charge in [0.15, 0.2) is 0 Å². The molecule has 0 rings (SSSR count). The summed E-state index contributed by atoms with van der Waals surface area (Å²) in [6, 6.07) is 0.529. The Morgan fingerprint density at radius 1 is 1.12 bits per heavy atom. The zero-order valence-electron chi connectivity index (χ0n) is 12.6. The molecule has 0 aliphatic heterocycles. The first-order valence-corrected chi connectivity index (χ1v) is 7.26. The topological polar surface area (TPSA) is 32.3 Å². The SMILES string of the molecule is CCCCCCC(C)NCC(O)CC(C)(C)C. The van der Waals surface area contributed by atoms with Crippen LogP contribution in [0.25, 0.3) is 0 Å². The summed E-state index contributed by atoms with van der Waals surface area (Å²) in [5.41, 5.74) is 0.214. The first-order valence-electron chi connectivity index (χ1n) is 7.26. The average molecular weight is 243 g/mol. The van der Waals surface area contributed by atoms with Crippen LogP contribution in [0.5, 0.6) is 0 Å². The lowest BCUT2D eigenvalue weighted by Crippen LogP contribution is -2.35. The molecule has 2 nitrogen and oxygen atoms in total. The fourth-order valence-electron chi connectivity index (χ4n) is 2.10. The maximum Gasteiger partial charge on any atom is 0.0669 e. The lowest BCUT2D eigenvalue weighted by Gasteiger charge is -2.24. The van der Waals surface area contributed by atoms with Crippen LogP contribution in [0.3, 0.4) is 0 Å². The Morgan fingerprint density at radius 3 is 2.29 bits per heavy atom. The Labute approximate surface area is 108 Å². The molecule has 0 saturated carbocycles. The predicted octanol–water partition coefficient (Wildman–Crippen LogP) is 3.73. The van der Waals surface area contributed by atoms with Crippen molar-refractivity contribution in [2.75, 3.05) is 6.54 Å². The van der Waals surface area contributed by atoms with E-state index in [1.807, 2.05) is 0 Å². The van der Waals surface area contributed by atoms with Crippen LogP contribution < -0.4 is 5.32 Å². The van der Waals surface area contributed by atoms with E-state index < -0.39 is 0 Å². The van der Waals surface area contributed by atoms with Gasteiger partial charge in [-0.25, -0.2) is 0 Å². The smallest absolute Gasteiger partial charge is 0.0669 e. The Balaban J connectivity index is 3.52. The van der Waals surface area contributed by atoms with E-state index >= 15 is 0 Å². The summed E-state index contributed by atoms with van der Waals surface area (Å²) in [6.07, 6.45) is 7.16. The van der Waals surface area contributed by atoms with Crippen LogP contribution >= 0.6 is 0 Å². The summed E-state index contributed by atoms with van der Waals surface area (Å²) in [6.45, 7) is 11.7. The van der Waals surface area contributed by atoms with Crippen molar-refractivity contribution in [3.63, 3.8) is 0 Å². The zero-order chi connectivity index (χ0) is 13.3. The molecule has 2 heteroatoms. The molecule has 0 saturated heterocycles. The minimum atomic E-state index is -0.215. The number of nitrogens with one attached hydrogen (secondary N) is 1. The summed E-state index contributed by atoms with van der Waals surface area (Å²) >= 11 is 0. The van der Waals surface area contributed by atoms with Crippen molar-refractivity contribution < 1.29 is 5.11 Å². The molecule has 2 atom stereocenters. The molecular formula is C15H33NO. The molecule has 0 bridgehead atoms. The van der Waals surface area contributed by atoms with Crippen LogP contribution in [0, 0.1) is 5.41 Å². The van der Waals surface area contributed by atoms with Gasteiger partial charge in [0, 0.05) is 12.6 Å². The summed E-state index contributed by atoms with van der Waals surface area (Å²) in [4.78, 5) is 0. The quantitative estimate of drug-likeness (QED) is 0.605. The molecule has 0 radical (unpaired) electrons. The van der Waals surface area contributed by atoms with Crippen LogP contribution in [0.2, 0.25) is 0 Å². The van der Waals surface area contributed by atoms with Crippen molar-refractivity contribution in [1.82, 2.24) is 5.32 Å². The monoisotopic (exact) mass is 243 g/mol. The van der Waals surface area contributed by atoms with Gasteiger partial charge in [-0.05, 0) is 25.2 Å². The van der Waals surface area contributed by atoms with E-state index in [2.05, 4.69) is 39.9 Å². The second-order valence-corrected chi connectivity index (χ2v) is 6.58. The van der Waals surface area contributed by atoms with E-state index in [0.29, 0.717) is 6.04 Å². The van der Waals surface area contributed by atoms with E-state index in [0.717, 1.165) is 13.0 Å². The average Bonchev–Trinajstić information content (AvgIpc) is 2.19. The Morgan fingerprint density at radius 2 is 1.76 bits per heavy atom. The summed E-state index contributed by atoms with van der Waals surface area (Å²) in [7, 11) is 0. The number of hydrogen-bond donors (Lipinski definition) is 2. The van der Waals surface area contributed by atoms with E-state index in [1.54, 1.807) is 0 Å². The van der Waals surface area contributed by atoms with Crippen LogP contribution in [-0.2, 0) is 0 Å². The number of rotatable bonds is 9. The second kappa shape index (κ2) is 8.93. The van der Waals surface area contributed by atoms with Crippen molar-refractivity contribution in [2.45, 2.75) is 85.3 Å². The molecule has 0 aliphatic carbocycles. The Kier molecular flexibility index (Phi) is 8.89. The minimum Gasteiger partial charge on any atom is -0.392 e. The molecule has 2 N–H and O–H groups in total. The highest BCUT2D eigenvalue weighted by molar-refractivity contribution is 4.71. The van der Waals surface area contributed by atoms with Gasteiger partial charge in [0.05, 0.1) is 6.10 Å². The molecule has 0 amide bonds. The van der Waals surface area contributed by atoms with Crippen molar-refractivity contribution in [2.24, 2.45) is 5.41 Å². The standard InChI is InChI=1S/C15H33NO/c1-6-7-8-9-10-13(2)16-12-14(17)11-15(3,4)5/h13-14,16-17H,6-12H2,1-5H3. The van der Waals surface area contributed by atoms with Gasteiger partial charge >= 0.3 is 0 Å². The molecule has 104 valence electrons. The molecule has 0 aromatic rings.